The van der Waals surface area contributed by atoms with Gasteiger partial charge in [-0.3, -0.25) is 4.79 Å². The van der Waals surface area contributed by atoms with Gasteiger partial charge in [-0.15, -0.1) is 6.58 Å². The highest BCUT2D eigenvalue weighted by molar-refractivity contribution is 5.89. The average Bonchev–Trinajstić information content (AvgIpc) is 3.36. The fraction of sp³-hybridized carbons (Fsp3) is 0.167. The molecule has 7 heteroatoms. The van der Waals surface area contributed by atoms with E-state index in [-0.39, 0.29) is 12.5 Å². The fourth-order valence-electron chi connectivity index (χ4n) is 3.67. The molecular weight excluding hydrogens is 464 g/mol. The van der Waals surface area contributed by atoms with E-state index in [9.17, 15) is 4.79 Å². The summed E-state index contributed by atoms with van der Waals surface area (Å²) in [5.74, 6) is 1.10. The molecule has 0 fully saturated rings. The van der Waals surface area contributed by atoms with Crippen LogP contribution in [0.5, 0.6) is 11.5 Å². The number of carbonyl (C=O) groups excluding carboxylic acids is 1. The number of hydrazone groups is 1. The van der Waals surface area contributed by atoms with Crippen molar-refractivity contribution in [2.75, 3.05) is 13.2 Å². The Labute approximate surface area is 217 Å². The Morgan fingerprint density at radius 1 is 1.03 bits per heavy atom. The molecule has 0 spiro atoms. The number of nitrogens with one attached hydrogen (secondary N) is 1. The van der Waals surface area contributed by atoms with E-state index in [4.69, 9.17) is 14.6 Å². The second-order valence-corrected chi connectivity index (χ2v) is 8.27. The smallest absolute Gasteiger partial charge is 0.277 e. The Morgan fingerprint density at radius 2 is 1.78 bits per heavy atom. The number of aromatic nitrogens is 2. The van der Waals surface area contributed by atoms with Crippen molar-refractivity contribution in [2.45, 2.75) is 19.8 Å². The zero-order valence-electron chi connectivity index (χ0n) is 20.8. The van der Waals surface area contributed by atoms with Crippen molar-refractivity contribution in [3.05, 3.63) is 109 Å². The molecule has 0 atom stereocenters. The van der Waals surface area contributed by atoms with E-state index in [0.717, 1.165) is 40.2 Å². The van der Waals surface area contributed by atoms with Crippen LogP contribution in [-0.4, -0.2) is 35.1 Å². The molecule has 7 nitrogen and oxygen atoms in total. The Morgan fingerprint density at radius 3 is 2.54 bits per heavy atom. The van der Waals surface area contributed by atoms with Crippen molar-refractivity contribution in [3.63, 3.8) is 0 Å². The van der Waals surface area contributed by atoms with Gasteiger partial charge in [-0.05, 0) is 60.9 Å². The van der Waals surface area contributed by atoms with Crippen LogP contribution in [0, 0.1) is 0 Å². The molecule has 1 amide bonds. The molecule has 0 saturated carbocycles. The number of rotatable bonds is 12. The summed E-state index contributed by atoms with van der Waals surface area (Å²) in [7, 11) is 0. The quantitative estimate of drug-likeness (QED) is 0.158. The normalized spacial score (nSPS) is 10.8. The lowest BCUT2D eigenvalue weighted by Crippen LogP contribution is -2.24. The maximum Gasteiger partial charge on any atom is 0.277 e. The third kappa shape index (κ3) is 6.95. The third-order valence-electron chi connectivity index (χ3n) is 5.45. The largest absolute Gasteiger partial charge is 0.494 e. The predicted octanol–water partition coefficient (Wildman–Crippen LogP) is 5.59. The van der Waals surface area contributed by atoms with Crippen molar-refractivity contribution in [1.29, 1.82) is 0 Å². The summed E-state index contributed by atoms with van der Waals surface area (Å²) in [5.41, 5.74) is 6.83. The minimum Gasteiger partial charge on any atom is -0.494 e. The molecule has 1 N–H and O–H groups in total. The summed E-state index contributed by atoms with van der Waals surface area (Å²) < 4.78 is 13.2. The Kier molecular flexibility index (Phi) is 8.86. The van der Waals surface area contributed by atoms with E-state index in [1.807, 2.05) is 85.1 Å². The van der Waals surface area contributed by atoms with E-state index < -0.39 is 0 Å². The minimum atomic E-state index is -0.362. The standard InChI is InChI=1S/C30H30N4O3/c1-3-10-23-11-8-9-14-28(23)37-22-29(35)32-31-20-25-21-34(26-12-6-5-7-13-26)33-30(25)24-15-17-27(18-16-24)36-19-4-2/h3,5-9,11-18,20-21H,1,4,10,19,22H2,2H3,(H,32,35)/b31-20+. The van der Waals surface area contributed by atoms with Crippen LogP contribution in [0.2, 0.25) is 0 Å². The van der Waals surface area contributed by atoms with Crippen LogP contribution in [0.4, 0.5) is 0 Å². The van der Waals surface area contributed by atoms with Crippen molar-refractivity contribution in [2.24, 2.45) is 5.10 Å². The summed E-state index contributed by atoms with van der Waals surface area (Å²) in [6.07, 6.45) is 6.87. The first-order valence-electron chi connectivity index (χ1n) is 12.2. The molecule has 0 unspecified atom stereocenters. The molecule has 4 aromatic rings. The zero-order chi connectivity index (χ0) is 25.9. The molecule has 37 heavy (non-hydrogen) atoms. The molecule has 3 aromatic carbocycles. The van der Waals surface area contributed by atoms with Gasteiger partial charge < -0.3 is 9.47 Å². The summed E-state index contributed by atoms with van der Waals surface area (Å²) in [6, 6.07) is 25.2. The molecule has 1 aromatic heterocycles. The Balaban J connectivity index is 1.48. The molecule has 0 radical (unpaired) electrons. The maximum absolute atomic E-state index is 12.4. The van der Waals surface area contributed by atoms with E-state index in [2.05, 4.69) is 24.0 Å². The van der Waals surface area contributed by atoms with Gasteiger partial charge in [0.25, 0.3) is 5.91 Å². The van der Waals surface area contributed by atoms with Crippen LogP contribution in [-0.2, 0) is 11.2 Å². The van der Waals surface area contributed by atoms with Gasteiger partial charge in [0.05, 0.1) is 18.5 Å². The second kappa shape index (κ2) is 12.9. The molecule has 0 aliphatic heterocycles. The van der Waals surface area contributed by atoms with Crippen molar-refractivity contribution in [1.82, 2.24) is 15.2 Å². The van der Waals surface area contributed by atoms with E-state index in [1.54, 1.807) is 17.0 Å². The first kappa shape index (κ1) is 25.4. The Bertz CT molecular complexity index is 1350. The van der Waals surface area contributed by atoms with Crippen molar-refractivity contribution < 1.29 is 14.3 Å². The predicted molar refractivity (Wildman–Crippen MR) is 146 cm³/mol. The molecule has 1 heterocycles. The summed E-state index contributed by atoms with van der Waals surface area (Å²) in [4.78, 5) is 12.4. The highest BCUT2D eigenvalue weighted by atomic mass is 16.5. The van der Waals surface area contributed by atoms with Gasteiger partial charge in [0.15, 0.2) is 6.61 Å². The van der Waals surface area contributed by atoms with Crippen molar-refractivity contribution in [3.8, 4) is 28.4 Å². The van der Waals surface area contributed by atoms with Crippen LogP contribution >= 0.6 is 0 Å². The number of benzene rings is 3. The zero-order valence-corrected chi connectivity index (χ0v) is 20.8. The van der Waals surface area contributed by atoms with E-state index >= 15 is 0 Å². The maximum atomic E-state index is 12.4. The number of hydrogen-bond acceptors (Lipinski definition) is 5. The monoisotopic (exact) mass is 494 g/mol. The number of allylic oxidation sites excluding steroid dienone is 1. The van der Waals surface area contributed by atoms with Gasteiger partial charge in [0.2, 0.25) is 0 Å². The first-order valence-corrected chi connectivity index (χ1v) is 12.2. The topological polar surface area (TPSA) is 77.7 Å². The summed E-state index contributed by atoms with van der Waals surface area (Å²) in [5, 5.41) is 8.95. The summed E-state index contributed by atoms with van der Waals surface area (Å²) in [6.45, 7) is 6.35. The molecule has 0 aliphatic carbocycles. The molecular formula is C30H30N4O3. The first-order chi connectivity index (χ1) is 18.2. The lowest BCUT2D eigenvalue weighted by molar-refractivity contribution is -0.123. The van der Waals surface area contributed by atoms with Crippen LogP contribution in [0.1, 0.15) is 24.5 Å². The van der Waals surface area contributed by atoms with Crippen LogP contribution in [0.3, 0.4) is 0 Å². The highest BCUT2D eigenvalue weighted by Crippen LogP contribution is 2.25. The highest BCUT2D eigenvalue weighted by Gasteiger charge is 2.12. The van der Waals surface area contributed by atoms with E-state index in [0.29, 0.717) is 18.8 Å². The average molecular weight is 495 g/mol. The van der Waals surface area contributed by atoms with Gasteiger partial charge in [0.1, 0.15) is 17.2 Å². The van der Waals surface area contributed by atoms with Crippen LogP contribution in [0.15, 0.2) is 103 Å². The molecule has 0 bridgehead atoms. The summed E-state index contributed by atoms with van der Waals surface area (Å²) >= 11 is 0. The molecule has 188 valence electrons. The SMILES string of the molecule is C=CCc1ccccc1OCC(=O)N/N=C/c1cn(-c2ccccc2)nc1-c1ccc(OCCC)cc1. The lowest BCUT2D eigenvalue weighted by atomic mass is 10.1. The Hall–Kier alpha value is -4.65. The van der Waals surface area contributed by atoms with Crippen LogP contribution in [0.25, 0.3) is 16.9 Å². The van der Waals surface area contributed by atoms with E-state index in [1.165, 1.54) is 0 Å². The third-order valence-corrected chi connectivity index (χ3v) is 5.45. The van der Waals surface area contributed by atoms with Gasteiger partial charge in [-0.2, -0.15) is 10.2 Å². The number of carbonyl (C=O) groups is 1. The molecule has 0 saturated heterocycles. The van der Waals surface area contributed by atoms with Gasteiger partial charge in [-0.1, -0.05) is 49.4 Å². The number of ether oxygens (including phenoxy) is 2. The van der Waals surface area contributed by atoms with Gasteiger partial charge in [0, 0.05) is 17.3 Å². The second-order valence-electron chi connectivity index (χ2n) is 8.27. The minimum absolute atomic E-state index is 0.152. The lowest BCUT2D eigenvalue weighted by Gasteiger charge is -2.09. The van der Waals surface area contributed by atoms with Crippen molar-refractivity contribution >= 4 is 12.1 Å². The fourth-order valence-corrected chi connectivity index (χ4v) is 3.67. The van der Waals surface area contributed by atoms with Gasteiger partial charge in [-0.25, -0.2) is 10.1 Å². The van der Waals surface area contributed by atoms with Gasteiger partial charge >= 0.3 is 0 Å². The molecule has 4 rings (SSSR count). The van der Waals surface area contributed by atoms with Crippen LogP contribution < -0.4 is 14.9 Å². The molecule has 0 aliphatic rings. The number of nitrogens with zero attached hydrogens (tertiary/aromatic N) is 3. The number of amides is 1. The number of hydrogen-bond donors (Lipinski definition) is 1. The number of para-hydroxylation sites is 2.